The zero-order valence-corrected chi connectivity index (χ0v) is 13.0. The van der Waals surface area contributed by atoms with Crippen LogP contribution in [-0.2, 0) is 13.0 Å². The topological polar surface area (TPSA) is 50.1 Å². The van der Waals surface area contributed by atoms with Gasteiger partial charge in [-0.05, 0) is 37.2 Å². The summed E-state index contributed by atoms with van der Waals surface area (Å²) < 4.78 is 1.79. The molecule has 1 saturated carbocycles. The molecule has 1 heterocycles. The van der Waals surface area contributed by atoms with Crippen molar-refractivity contribution in [2.45, 2.75) is 44.7 Å². The average molecular weight is 299 g/mol. The van der Waals surface area contributed by atoms with E-state index in [0.29, 0.717) is 12.6 Å². The minimum atomic E-state index is 0.129. The molecule has 2 unspecified atom stereocenters. The monoisotopic (exact) mass is 299 g/mol. The molecule has 0 spiro atoms. The summed E-state index contributed by atoms with van der Waals surface area (Å²) in [6.45, 7) is 0.689. The number of nitrogens with zero attached hydrogens (tertiary/aromatic N) is 2. The van der Waals surface area contributed by atoms with Crippen molar-refractivity contribution in [3.8, 4) is 0 Å². The Morgan fingerprint density at radius 2 is 2.09 bits per heavy atom. The number of hydrogen-bond donors (Lipinski definition) is 2. The van der Waals surface area contributed by atoms with E-state index in [-0.39, 0.29) is 6.61 Å². The molecule has 4 nitrogen and oxygen atoms in total. The molecule has 22 heavy (non-hydrogen) atoms. The van der Waals surface area contributed by atoms with Crippen molar-refractivity contribution in [2.75, 3.05) is 11.9 Å². The van der Waals surface area contributed by atoms with Crippen molar-refractivity contribution in [1.82, 2.24) is 9.78 Å². The quantitative estimate of drug-likeness (QED) is 0.826. The molecule has 4 heteroatoms. The summed E-state index contributed by atoms with van der Waals surface area (Å²) in [4.78, 5) is 0. The van der Waals surface area contributed by atoms with Crippen LogP contribution in [0.1, 0.15) is 31.2 Å². The summed E-state index contributed by atoms with van der Waals surface area (Å²) in [6.07, 6.45) is 10.1. The number of aryl methyl sites for hydroxylation is 1. The van der Waals surface area contributed by atoms with Crippen molar-refractivity contribution >= 4 is 5.69 Å². The van der Waals surface area contributed by atoms with Gasteiger partial charge in [-0.25, -0.2) is 0 Å². The maximum Gasteiger partial charge on any atom is 0.0728 e. The molecule has 0 radical (unpaired) electrons. The Hall–Kier alpha value is -1.81. The van der Waals surface area contributed by atoms with Crippen molar-refractivity contribution in [1.29, 1.82) is 0 Å². The Bertz CT molecular complexity index is 567. The summed E-state index contributed by atoms with van der Waals surface area (Å²) in [5.41, 5.74) is 2.51. The van der Waals surface area contributed by atoms with E-state index in [2.05, 4.69) is 40.7 Å². The van der Waals surface area contributed by atoms with Crippen LogP contribution >= 0.6 is 0 Å². The standard InChI is InChI=1S/C18H25N3O/c22-12-11-21-14-17(13-19-21)20-18-8-4-7-16(18)10-9-15-5-2-1-3-6-15/h1-3,5-6,13-14,16,18,20,22H,4,7-12H2. The molecule has 0 bridgehead atoms. The Balaban J connectivity index is 1.53. The first-order chi connectivity index (χ1) is 10.8. The lowest BCUT2D eigenvalue weighted by Crippen LogP contribution is -2.24. The molecular formula is C18H25N3O. The van der Waals surface area contributed by atoms with E-state index < -0.39 is 0 Å². The minimum absolute atomic E-state index is 0.129. The van der Waals surface area contributed by atoms with Crippen LogP contribution in [0.25, 0.3) is 0 Å². The normalized spacial score (nSPS) is 21.1. The van der Waals surface area contributed by atoms with Crippen LogP contribution in [-0.4, -0.2) is 27.5 Å². The van der Waals surface area contributed by atoms with Gasteiger partial charge in [0.15, 0.2) is 0 Å². The van der Waals surface area contributed by atoms with E-state index in [1.807, 2.05) is 12.4 Å². The van der Waals surface area contributed by atoms with Gasteiger partial charge in [0, 0.05) is 12.2 Å². The fraction of sp³-hybridized carbons (Fsp3) is 0.500. The number of aliphatic hydroxyl groups excluding tert-OH is 1. The number of nitrogens with one attached hydrogen (secondary N) is 1. The van der Waals surface area contributed by atoms with Crippen LogP contribution in [0.15, 0.2) is 42.7 Å². The van der Waals surface area contributed by atoms with Gasteiger partial charge in [0.2, 0.25) is 0 Å². The van der Waals surface area contributed by atoms with Crippen molar-refractivity contribution in [2.24, 2.45) is 5.92 Å². The third-order valence-electron chi connectivity index (χ3n) is 4.62. The summed E-state index contributed by atoms with van der Waals surface area (Å²) in [6, 6.07) is 11.3. The van der Waals surface area contributed by atoms with Gasteiger partial charge in [0.1, 0.15) is 0 Å². The lowest BCUT2D eigenvalue weighted by atomic mass is 9.95. The molecule has 118 valence electrons. The number of aliphatic hydroxyl groups is 1. The highest BCUT2D eigenvalue weighted by atomic mass is 16.3. The third-order valence-corrected chi connectivity index (χ3v) is 4.62. The highest BCUT2D eigenvalue weighted by Crippen LogP contribution is 2.31. The van der Waals surface area contributed by atoms with Crippen LogP contribution < -0.4 is 5.32 Å². The Morgan fingerprint density at radius 1 is 1.23 bits per heavy atom. The zero-order valence-electron chi connectivity index (χ0n) is 13.0. The second kappa shape index (κ2) is 7.45. The Labute approximate surface area is 132 Å². The first kappa shape index (κ1) is 15.1. The van der Waals surface area contributed by atoms with Crippen LogP contribution in [0.3, 0.4) is 0 Å². The van der Waals surface area contributed by atoms with E-state index in [4.69, 9.17) is 5.11 Å². The van der Waals surface area contributed by atoms with Gasteiger partial charge in [0.05, 0.1) is 25.0 Å². The van der Waals surface area contributed by atoms with Crippen molar-refractivity contribution < 1.29 is 5.11 Å². The Kier molecular flexibility index (Phi) is 5.11. The van der Waals surface area contributed by atoms with Crippen LogP contribution in [0.5, 0.6) is 0 Å². The molecule has 2 N–H and O–H groups in total. The maximum atomic E-state index is 8.95. The summed E-state index contributed by atoms with van der Waals surface area (Å²) in [5.74, 6) is 0.737. The first-order valence-corrected chi connectivity index (χ1v) is 8.29. The van der Waals surface area contributed by atoms with Crippen LogP contribution in [0, 0.1) is 5.92 Å². The van der Waals surface area contributed by atoms with E-state index in [1.165, 1.54) is 31.2 Å². The van der Waals surface area contributed by atoms with E-state index in [9.17, 15) is 0 Å². The van der Waals surface area contributed by atoms with E-state index in [1.54, 1.807) is 4.68 Å². The van der Waals surface area contributed by atoms with Gasteiger partial charge < -0.3 is 10.4 Å². The first-order valence-electron chi connectivity index (χ1n) is 8.29. The molecular weight excluding hydrogens is 274 g/mol. The fourth-order valence-electron chi connectivity index (χ4n) is 3.45. The number of aromatic nitrogens is 2. The SMILES string of the molecule is OCCn1cc(NC2CCCC2CCc2ccccc2)cn1. The number of anilines is 1. The van der Waals surface area contributed by atoms with Gasteiger partial charge in [-0.3, -0.25) is 4.68 Å². The minimum Gasteiger partial charge on any atom is -0.394 e. The van der Waals surface area contributed by atoms with Crippen molar-refractivity contribution in [3.63, 3.8) is 0 Å². The van der Waals surface area contributed by atoms with Crippen LogP contribution in [0.2, 0.25) is 0 Å². The Morgan fingerprint density at radius 3 is 2.91 bits per heavy atom. The summed E-state index contributed by atoms with van der Waals surface area (Å²) >= 11 is 0. The van der Waals surface area contributed by atoms with Gasteiger partial charge in [-0.1, -0.05) is 36.8 Å². The second-order valence-electron chi connectivity index (χ2n) is 6.18. The molecule has 1 aromatic heterocycles. The lowest BCUT2D eigenvalue weighted by Gasteiger charge is -2.21. The van der Waals surface area contributed by atoms with E-state index >= 15 is 0 Å². The van der Waals surface area contributed by atoms with Gasteiger partial charge in [-0.2, -0.15) is 5.10 Å². The molecule has 1 aliphatic rings. The predicted octanol–water partition coefficient (Wildman–Crippen LogP) is 3.09. The lowest BCUT2D eigenvalue weighted by molar-refractivity contribution is 0.269. The molecule has 1 aromatic carbocycles. The highest BCUT2D eigenvalue weighted by Gasteiger charge is 2.27. The number of benzene rings is 1. The molecule has 1 fully saturated rings. The summed E-state index contributed by atoms with van der Waals surface area (Å²) in [5, 5.41) is 16.9. The molecule has 0 amide bonds. The van der Waals surface area contributed by atoms with E-state index in [0.717, 1.165) is 18.0 Å². The second-order valence-corrected chi connectivity index (χ2v) is 6.18. The smallest absolute Gasteiger partial charge is 0.0728 e. The fourth-order valence-corrected chi connectivity index (χ4v) is 3.45. The number of hydrogen-bond acceptors (Lipinski definition) is 3. The average Bonchev–Trinajstić information content (AvgIpc) is 3.17. The third kappa shape index (κ3) is 3.89. The summed E-state index contributed by atoms with van der Waals surface area (Å²) in [7, 11) is 0. The molecule has 2 aromatic rings. The van der Waals surface area contributed by atoms with Crippen LogP contribution in [0.4, 0.5) is 5.69 Å². The van der Waals surface area contributed by atoms with Gasteiger partial charge in [0.25, 0.3) is 0 Å². The maximum absolute atomic E-state index is 8.95. The molecule has 2 atom stereocenters. The molecule has 1 aliphatic carbocycles. The predicted molar refractivity (Wildman–Crippen MR) is 88.8 cm³/mol. The van der Waals surface area contributed by atoms with Gasteiger partial charge >= 0.3 is 0 Å². The highest BCUT2D eigenvalue weighted by molar-refractivity contribution is 5.39. The molecule has 3 rings (SSSR count). The molecule has 0 aliphatic heterocycles. The zero-order chi connectivity index (χ0) is 15.2. The largest absolute Gasteiger partial charge is 0.394 e. The van der Waals surface area contributed by atoms with Crippen molar-refractivity contribution in [3.05, 3.63) is 48.3 Å². The number of rotatable bonds is 7. The van der Waals surface area contributed by atoms with Gasteiger partial charge in [-0.15, -0.1) is 0 Å². The molecule has 0 saturated heterocycles.